The fourth-order valence-electron chi connectivity index (χ4n) is 3.08. The second-order valence-corrected chi connectivity index (χ2v) is 6.27. The van der Waals surface area contributed by atoms with Gasteiger partial charge in [0.1, 0.15) is 5.82 Å². The number of hydrogen-bond donors (Lipinski definition) is 2. The van der Waals surface area contributed by atoms with Gasteiger partial charge in [-0.15, -0.1) is 0 Å². The highest BCUT2D eigenvalue weighted by Crippen LogP contribution is 2.27. The van der Waals surface area contributed by atoms with E-state index >= 15 is 0 Å². The number of amides is 2. The van der Waals surface area contributed by atoms with Crippen LogP contribution in [0.5, 0.6) is 0 Å². The predicted molar refractivity (Wildman–Crippen MR) is 94.8 cm³/mol. The summed E-state index contributed by atoms with van der Waals surface area (Å²) < 4.78 is 18.9. The van der Waals surface area contributed by atoms with Gasteiger partial charge >= 0.3 is 6.03 Å². The molecule has 1 fully saturated rings. The van der Waals surface area contributed by atoms with E-state index in [1.165, 1.54) is 12.1 Å². The van der Waals surface area contributed by atoms with Crippen molar-refractivity contribution < 1.29 is 13.9 Å². The Morgan fingerprint density at radius 2 is 2.00 bits per heavy atom. The highest BCUT2D eigenvalue weighted by molar-refractivity contribution is 5.74. The minimum atomic E-state index is -0.254. The topological polar surface area (TPSA) is 50.4 Å². The first-order valence-corrected chi connectivity index (χ1v) is 8.66. The van der Waals surface area contributed by atoms with E-state index in [2.05, 4.69) is 10.6 Å². The molecule has 1 saturated heterocycles. The average Bonchev–Trinajstić information content (AvgIpc) is 2.63. The third-order valence-electron chi connectivity index (χ3n) is 4.38. The Kier molecular flexibility index (Phi) is 6.01. The van der Waals surface area contributed by atoms with E-state index in [1.54, 1.807) is 6.07 Å². The molecule has 2 aromatic carbocycles. The molecule has 132 valence electrons. The summed E-state index contributed by atoms with van der Waals surface area (Å²) in [7, 11) is 0. The summed E-state index contributed by atoms with van der Waals surface area (Å²) in [6, 6.07) is 16.4. The zero-order chi connectivity index (χ0) is 17.5. The molecule has 5 heteroatoms. The Morgan fingerprint density at radius 1 is 1.16 bits per heavy atom. The fraction of sp³-hybridized carbons (Fsp3) is 0.350. The molecule has 0 unspecified atom stereocenters. The molecule has 0 aromatic heterocycles. The van der Waals surface area contributed by atoms with Gasteiger partial charge in [-0.3, -0.25) is 0 Å². The summed E-state index contributed by atoms with van der Waals surface area (Å²) in [4.78, 5) is 12.1. The first-order chi connectivity index (χ1) is 12.2. The Labute approximate surface area is 147 Å². The van der Waals surface area contributed by atoms with Crippen LogP contribution in [0.1, 0.15) is 30.1 Å². The number of benzene rings is 2. The molecule has 2 amide bonds. The third-order valence-corrected chi connectivity index (χ3v) is 4.38. The number of carbonyl (C=O) groups excluding carboxylic acids is 1. The van der Waals surface area contributed by atoms with Gasteiger partial charge in [0, 0.05) is 19.2 Å². The quantitative estimate of drug-likeness (QED) is 0.872. The normalized spacial score (nSPS) is 20.0. The van der Waals surface area contributed by atoms with Crippen molar-refractivity contribution in [3.8, 4) is 0 Å². The molecule has 1 heterocycles. The molecule has 0 saturated carbocycles. The minimum Gasteiger partial charge on any atom is -0.373 e. The van der Waals surface area contributed by atoms with Gasteiger partial charge in [0.2, 0.25) is 0 Å². The monoisotopic (exact) mass is 342 g/mol. The molecule has 1 aliphatic heterocycles. The Hall–Kier alpha value is -2.40. The molecule has 1 aliphatic rings. The molecule has 0 spiro atoms. The Morgan fingerprint density at radius 3 is 2.80 bits per heavy atom. The summed E-state index contributed by atoms with van der Waals surface area (Å²) in [5.74, 6) is -0.254. The van der Waals surface area contributed by atoms with Gasteiger partial charge in [0.25, 0.3) is 0 Å². The largest absolute Gasteiger partial charge is 0.373 e. The molecule has 2 atom stereocenters. The molecular weight excluding hydrogens is 319 g/mol. The van der Waals surface area contributed by atoms with Crippen LogP contribution in [0.2, 0.25) is 0 Å². The van der Waals surface area contributed by atoms with E-state index in [4.69, 9.17) is 4.74 Å². The zero-order valence-electron chi connectivity index (χ0n) is 14.1. The van der Waals surface area contributed by atoms with Crippen LogP contribution >= 0.6 is 0 Å². The van der Waals surface area contributed by atoms with Crippen LogP contribution in [0.15, 0.2) is 54.6 Å². The molecule has 0 radical (unpaired) electrons. The summed E-state index contributed by atoms with van der Waals surface area (Å²) in [6.07, 6.45) is 2.20. The number of hydrogen-bond acceptors (Lipinski definition) is 2. The van der Waals surface area contributed by atoms with Crippen molar-refractivity contribution >= 4 is 6.03 Å². The van der Waals surface area contributed by atoms with Gasteiger partial charge < -0.3 is 15.4 Å². The van der Waals surface area contributed by atoms with Crippen molar-refractivity contribution in [1.29, 1.82) is 0 Å². The number of urea groups is 1. The maximum Gasteiger partial charge on any atom is 0.315 e. The van der Waals surface area contributed by atoms with Crippen LogP contribution in [0.3, 0.4) is 0 Å². The lowest BCUT2D eigenvalue weighted by atomic mass is 9.97. The highest BCUT2D eigenvalue weighted by Gasteiger charge is 2.24. The van der Waals surface area contributed by atoms with Crippen LogP contribution in [0.4, 0.5) is 9.18 Å². The van der Waals surface area contributed by atoms with Gasteiger partial charge in [-0.1, -0.05) is 42.5 Å². The van der Waals surface area contributed by atoms with Crippen molar-refractivity contribution in [1.82, 2.24) is 10.6 Å². The number of rotatable bonds is 5. The van der Waals surface area contributed by atoms with Gasteiger partial charge in [0.05, 0.1) is 6.10 Å². The summed E-state index contributed by atoms with van der Waals surface area (Å²) in [6.45, 7) is 1.11. The van der Waals surface area contributed by atoms with Gasteiger partial charge in [-0.2, -0.15) is 0 Å². The maximum atomic E-state index is 13.1. The van der Waals surface area contributed by atoms with E-state index < -0.39 is 0 Å². The lowest BCUT2D eigenvalue weighted by Gasteiger charge is -2.30. The fourth-order valence-corrected chi connectivity index (χ4v) is 3.08. The van der Waals surface area contributed by atoms with Crippen LogP contribution in [0.25, 0.3) is 0 Å². The number of ether oxygens (including phenoxy) is 1. The van der Waals surface area contributed by atoms with E-state index in [0.717, 1.165) is 24.0 Å². The maximum absolute atomic E-state index is 13.1. The van der Waals surface area contributed by atoms with Gasteiger partial charge in [-0.25, -0.2) is 9.18 Å². The summed E-state index contributed by atoms with van der Waals surface area (Å²) >= 11 is 0. The molecule has 4 nitrogen and oxygen atoms in total. The Bertz CT molecular complexity index is 693. The lowest BCUT2D eigenvalue weighted by molar-refractivity contribution is 0.00227. The molecule has 3 rings (SSSR count). The molecule has 25 heavy (non-hydrogen) atoms. The molecule has 0 bridgehead atoms. The van der Waals surface area contributed by atoms with Crippen LogP contribution in [0, 0.1) is 5.82 Å². The van der Waals surface area contributed by atoms with Crippen molar-refractivity contribution in [3.05, 3.63) is 71.5 Å². The second-order valence-electron chi connectivity index (χ2n) is 6.27. The van der Waals surface area contributed by atoms with E-state index in [-0.39, 0.29) is 24.0 Å². The van der Waals surface area contributed by atoms with Crippen LogP contribution in [-0.4, -0.2) is 25.2 Å². The van der Waals surface area contributed by atoms with Crippen LogP contribution < -0.4 is 10.6 Å². The highest BCUT2D eigenvalue weighted by atomic mass is 19.1. The smallest absolute Gasteiger partial charge is 0.315 e. The minimum absolute atomic E-state index is 0.0209. The number of halogens is 1. The average molecular weight is 342 g/mol. The molecule has 2 aromatic rings. The zero-order valence-corrected chi connectivity index (χ0v) is 14.1. The predicted octanol–water partition coefficient (Wildman–Crippen LogP) is 3.59. The standard InChI is InChI=1S/C20H23FN2O2/c21-17-8-4-5-15(13-17)9-11-22-20(24)23-18-10-12-25-19(14-18)16-6-2-1-3-7-16/h1-8,13,18-19H,9-12,14H2,(H2,22,23,24)/t18-,19+/m1/s1. The first kappa shape index (κ1) is 17.4. The summed E-state index contributed by atoms with van der Waals surface area (Å²) in [5, 5.41) is 5.85. The number of carbonyl (C=O) groups is 1. The van der Waals surface area contributed by atoms with Crippen molar-refractivity contribution in [3.63, 3.8) is 0 Å². The molecule has 0 aliphatic carbocycles. The Balaban J connectivity index is 1.43. The van der Waals surface area contributed by atoms with Crippen molar-refractivity contribution in [2.24, 2.45) is 0 Å². The van der Waals surface area contributed by atoms with Crippen molar-refractivity contribution in [2.75, 3.05) is 13.2 Å². The van der Waals surface area contributed by atoms with Crippen LogP contribution in [-0.2, 0) is 11.2 Å². The lowest BCUT2D eigenvalue weighted by Crippen LogP contribution is -2.45. The second kappa shape index (κ2) is 8.62. The van der Waals surface area contributed by atoms with Gasteiger partial charge in [0.15, 0.2) is 0 Å². The molecule has 2 N–H and O–H groups in total. The SMILES string of the molecule is O=C(NCCc1cccc(F)c1)N[C@@H]1CCO[C@H](c2ccccc2)C1. The van der Waals surface area contributed by atoms with E-state index in [9.17, 15) is 9.18 Å². The third kappa shape index (κ3) is 5.29. The van der Waals surface area contributed by atoms with E-state index in [1.807, 2.05) is 36.4 Å². The van der Waals surface area contributed by atoms with Gasteiger partial charge in [-0.05, 0) is 42.5 Å². The first-order valence-electron chi connectivity index (χ1n) is 8.66. The number of nitrogens with one attached hydrogen (secondary N) is 2. The van der Waals surface area contributed by atoms with Crippen molar-refractivity contribution in [2.45, 2.75) is 31.4 Å². The molecular formula is C20H23FN2O2. The van der Waals surface area contributed by atoms with E-state index in [0.29, 0.717) is 19.6 Å². The summed E-state index contributed by atoms with van der Waals surface area (Å²) in [5.41, 5.74) is 2.01.